The number of nitrogens with two attached hydrogens (primary N) is 2. The predicted molar refractivity (Wildman–Crippen MR) is 95.0 cm³/mol. The van der Waals surface area contributed by atoms with Crippen LogP contribution in [0.5, 0.6) is 0 Å². The van der Waals surface area contributed by atoms with Crippen LogP contribution in [-0.2, 0) is 14.3 Å². The van der Waals surface area contributed by atoms with Crippen LogP contribution in [0.15, 0.2) is 0 Å². The van der Waals surface area contributed by atoms with E-state index in [1.165, 1.54) is 0 Å². The second-order valence-electron chi connectivity index (χ2n) is 8.55. The maximum absolute atomic E-state index is 11.8. The zero-order valence-corrected chi connectivity index (χ0v) is 16.4. The Labute approximate surface area is 141 Å². The van der Waals surface area contributed by atoms with E-state index in [0.717, 1.165) is 6.04 Å². The van der Waals surface area contributed by atoms with Gasteiger partial charge < -0.3 is 21.3 Å². The van der Waals surface area contributed by atoms with E-state index >= 15 is 0 Å². The molecule has 0 fully saturated rings. The Kier molecular flexibility index (Phi) is 7.93. The highest BCUT2D eigenvalue weighted by Crippen LogP contribution is 2.24. The highest BCUT2D eigenvalue weighted by Gasteiger charge is 2.35. The van der Waals surface area contributed by atoms with Crippen LogP contribution in [0.4, 0.5) is 0 Å². The quantitative estimate of drug-likeness (QED) is 0.436. The van der Waals surface area contributed by atoms with Crippen LogP contribution in [0.25, 0.3) is 0 Å². The van der Waals surface area contributed by atoms with Crippen LogP contribution >= 0.6 is 0 Å². The van der Waals surface area contributed by atoms with Gasteiger partial charge in [0.2, 0.25) is 0 Å². The second-order valence-corrected chi connectivity index (χ2v) is 14.2. The molecule has 0 spiro atoms. The van der Waals surface area contributed by atoms with Crippen molar-refractivity contribution in [3.63, 3.8) is 0 Å². The maximum atomic E-state index is 11.8. The maximum Gasteiger partial charge on any atom is 0.323 e. The minimum atomic E-state index is -1.36. The van der Waals surface area contributed by atoms with Gasteiger partial charge in [0.05, 0.1) is 0 Å². The molecule has 0 saturated heterocycles. The fraction of sp³-hybridized carbons (Fsp3) is 0.875. The van der Waals surface area contributed by atoms with Crippen LogP contribution in [0.1, 0.15) is 46.5 Å². The van der Waals surface area contributed by atoms with Crippen LogP contribution in [0.2, 0.25) is 25.7 Å². The molecule has 5 N–H and O–H groups in total. The van der Waals surface area contributed by atoms with E-state index in [-0.39, 0.29) is 0 Å². The number of rotatable bonds is 9. The van der Waals surface area contributed by atoms with Gasteiger partial charge in [0.15, 0.2) is 0 Å². The molecule has 0 aliphatic rings. The molecule has 0 amide bonds. The van der Waals surface area contributed by atoms with E-state index < -0.39 is 37.2 Å². The molecule has 0 aliphatic heterocycles. The first kappa shape index (κ1) is 22.1. The Morgan fingerprint density at radius 2 is 1.70 bits per heavy atom. The van der Waals surface area contributed by atoms with E-state index in [9.17, 15) is 14.7 Å². The molecule has 0 rings (SSSR count). The average molecular weight is 347 g/mol. The molecule has 0 aromatic carbocycles. The lowest BCUT2D eigenvalue weighted by atomic mass is 9.90. The molecule has 0 heterocycles. The molecule has 2 atom stereocenters. The van der Waals surface area contributed by atoms with E-state index in [1.54, 1.807) is 20.8 Å². The number of carbonyl (C=O) groups excluding carboxylic acids is 1. The Morgan fingerprint density at radius 1 is 1.17 bits per heavy atom. The van der Waals surface area contributed by atoms with Gasteiger partial charge in [-0.25, -0.2) is 0 Å². The second kappa shape index (κ2) is 8.26. The molecule has 0 aliphatic carbocycles. The summed E-state index contributed by atoms with van der Waals surface area (Å²) >= 11 is 0. The number of carbonyl (C=O) groups is 2. The third-order valence-electron chi connectivity index (χ3n) is 3.59. The highest BCUT2D eigenvalue weighted by atomic mass is 28.3. The first-order chi connectivity index (χ1) is 10.2. The van der Waals surface area contributed by atoms with Crippen molar-refractivity contribution < 1.29 is 19.4 Å². The van der Waals surface area contributed by atoms with Crippen molar-refractivity contribution in [2.75, 3.05) is 0 Å². The summed E-state index contributed by atoms with van der Waals surface area (Å²) in [5.74, 6) is -1.45. The van der Waals surface area contributed by atoms with Gasteiger partial charge in [-0.1, -0.05) is 25.7 Å². The molecule has 0 aromatic rings. The third-order valence-corrected chi connectivity index (χ3v) is 5.34. The number of carboxylic acids is 1. The normalized spacial score (nSPS) is 16.5. The zero-order chi connectivity index (χ0) is 18.5. The van der Waals surface area contributed by atoms with E-state index in [4.69, 9.17) is 16.2 Å². The summed E-state index contributed by atoms with van der Waals surface area (Å²) in [6, 6.07) is 0.109. The van der Waals surface area contributed by atoms with Gasteiger partial charge in [-0.2, -0.15) is 0 Å². The first-order valence-corrected chi connectivity index (χ1v) is 11.9. The van der Waals surface area contributed by atoms with E-state index in [2.05, 4.69) is 19.6 Å². The first-order valence-electron chi connectivity index (χ1n) is 8.17. The van der Waals surface area contributed by atoms with Crippen molar-refractivity contribution in [1.29, 1.82) is 0 Å². The SMILES string of the molecule is CC(C)(C)OC(=O)C(N)CCC[C@@](N)(CC[Si](C)(C)C)C(=O)O. The van der Waals surface area contributed by atoms with Crippen molar-refractivity contribution in [2.45, 2.75) is 89.3 Å². The Balaban J connectivity index is 4.48. The lowest BCUT2D eigenvalue weighted by Gasteiger charge is -2.28. The zero-order valence-electron chi connectivity index (χ0n) is 15.4. The molecule has 7 heteroatoms. The van der Waals surface area contributed by atoms with Gasteiger partial charge in [-0.15, -0.1) is 0 Å². The van der Waals surface area contributed by atoms with Crippen LogP contribution in [-0.4, -0.2) is 42.3 Å². The number of hydrogen-bond acceptors (Lipinski definition) is 5. The van der Waals surface area contributed by atoms with Gasteiger partial charge in [-0.3, -0.25) is 9.59 Å². The number of ether oxygens (including phenoxy) is 1. The monoisotopic (exact) mass is 346 g/mol. The molecule has 0 aromatic heterocycles. The van der Waals surface area contributed by atoms with Crippen molar-refractivity contribution in [2.24, 2.45) is 11.5 Å². The topological polar surface area (TPSA) is 116 Å². The molecule has 0 radical (unpaired) electrons. The van der Waals surface area contributed by atoms with Gasteiger partial charge in [0.1, 0.15) is 17.2 Å². The molecular weight excluding hydrogens is 312 g/mol. The fourth-order valence-corrected chi connectivity index (χ4v) is 3.27. The van der Waals surface area contributed by atoms with Gasteiger partial charge in [0, 0.05) is 8.07 Å². The van der Waals surface area contributed by atoms with Crippen LogP contribution in [0.3, 0.4) is 0 Å². The summed E-state index contributed by atoms with van der Waals surface area (Å²) in [6.45, 7) is 11.9. The number of esters is 1. The molecule has 6 nitrogen and oxygen atoms in total. The van der Waals surface area contributed by atoms with Gasteiger partial charge in [-0.05, 0) is 46.5 Å². The van der Waals surface area contributed by atoms with E-state index in [0.29, 0.717) is 25.7 Å². The average Bonchev–Trinajstić information content (AvgIpc) is 2.33. The van der Waals surface area contributed by atoms with E-state index in [1.807, 2.05) is 0 Å². The Morgan fingerprint density at radius 3 is 2.09 bits per heavy atom. The number of carboxylic acid groups (broad SMARTS) is 1. The summed E-state index contributed by atoms with van der Waals surface area (Å²) in [5.41, 5.74) is 10.1. The van der Waals surface area contributed by atoms with Crippen molar-refractivity contribution in [1.82, 2.24) is 0 Å². The summed E-state index contributed by atoms with van der Waals surface area (Å²) in [7, 11) is -1.36. The molecule has 0 saturated carbocycles. The van der Waals surface area contributed by atoms with Crippen LogP contribution < -0.4 is 11.5 Å². The standard InChI is InChI=1S/C16H34N2O4Si/c1-15(2,3)22-13(19)12(17)8-7-9-16(18,14(20)21)10-11-23(4,5)6/h12H,7-11,17-18H2,1-6H3,(H,20,21)/t12?,16-/m1/s1. The van der Waals surface area contributed by atoms with Crippen molar-refractivity contribution >= 4 is 20.0 Å². The number of hydrogen-bond donors (Lipinski definition) is 3. The summed E-state index contributed by atoms with van der Waals surface area (Å²) in [4.78, 5) is 23.3. The van der Waals surface area contributed by atoms with Crippen molar-refractivity contribution in [3.05, 3.63) is 0 Å². The molecule has 0 bridgehead atoms. The summed E-state index contributed by atoms with van der Waals surface area (Å²) in [5, 5.41) is 9.42. The highest BCUT2D eigenvalue weighted by molar-refractivity contribution is 6.76. The fourth-order valence-electron chi connectivity index (χ4n) is 2.07. The van der Waals surface area contributed by atoms with Crippen LogP contribution in [0, 0.1) is 0 Å². The smallest absolute Gasteiger partial charge is 0.323 e. The Bertz CT molecular complexity index is 415. The molecular formula is C16H34N2O4Si. The lowest BCUT2D eigenvalue weighted by molar-refractivity contribution is -0.156. The van der Waals surface area contributed by atoms with Crippen molar-refractivity contribution in [3.8, 4) is 0 Å². The predicted octanol–water partition coefficient (Wildman–Crippen LogP) is 2.34. The third kappa shape index (κ3) is 9.73. The van der Waals surface area contributed by atoms with Gasteiger partial charge in [0.25, 0.3) is 0 Å². The largest absolute Gasteiger partial charge is 0.480 e. The minimum absolute atomic E-state index is 0.309. The Hall–Kier alpha value is -0.923. The lowest BCUT2D eigenvalue weighted by Crippen LogP contribution is -2.49. The summed E-state index contributed by atoms with van der Waals surface area (Å²) < 4.78 is 5.22. The van der Waals surface area contributed by atoms with Gasteiger partial charge >= 0.3 is 11.9 Å². The summed E-state index contributed by atoms with van der Waals surface area (Å²) in [6.07, 6.45) is 1.62. The number of aliphatic carboxylic acids is 1. The minimum Gasteiger partial charge on any atom is -0.480 e. The molecule has 136 valence electrons. The molecule has 23 heavy (non-hydrogen) atoms. The molecule has 1 unspecified atom stereocenters.